The zero-order chi connectivity index (χ0) is 37.8. The summed E-state index contributed by atoms with van der Waals surface area (Å²) in [6, 6.07) is 60.8. The van der Waals surface area contributed by atoms with E-state index in [1.54, 1.807) is 0 Å². The summed E-state index contributed by atoms with van der Waals surface area (Å²) in [7, 11) is 0. The minimum Gasteiger partial charge on any atom is -0.449 e. The van der Waals surface area contributed by atoms with Gasteiger partial charge in [0.05, 0.1) is 11.0 Å². The number of nitrogens with zero attached hydrogens (tertiary/aromatic N) is 3. The summed E-state index contributed by atoms with van der Waals surface area (Å²) in [6.07, 6.45) is 6.54. The van der Waals surface area contributed by atoms with Crippen molar-refractivity contribution in [1.29, 1.82) is 0 Å². The molecule has 0 saturated carbocycles. The van der Waals surface area contributed by atoms with Gasteiger partial charge < -0.3 is 9.47 Å². The van der Waals surface area contributed by atoms with Gasteiger partial charge in [-0.25, -0.2) is 15.0 Å². The van der Waals surface area contributed by atoms with Crippen LogP contribution in [0.4, 0.5) is 0 Å². The Morgan fingerprint density at radius 3 is 1.74 bits per heavy atom. The SMILES string of the molecule is C1=CC2=C(CC1)C(c1ccccc1)(c1ccccc1)c1cc3c(cc12)Oc1cccc(-c2nc(-c4ccccc4)nc(-c4cccc(-c5ccccc5)c4)n2)c1O3. The van der Waals surface area contributed by atoms with Gasteiger partial charge in [-0.15, -0.1) is 0 Å². The molecular weight excluding hydrogens is 699 g/mol. The van der Waals surface area contributed by atoms with Crippen molar-refractivity contribution in [3.8, 4) is 68.3 Å². The summed E-state index contributed by atoms with van der Waals surface area (Å²) in [6.45, 7) is 0. The molecule has 270 valence electrons. The average Bonchev–Trinajstić information content (AvgIpc) is 3.58. The number of benzene rings is 7. The summed E-state index contributed by atoms with van der Waals surface area (Å²) in [5.41, 5.74) is 11.7. The Morgan fingerprint density at radius 1 is 0.439 bits per heavy atom. The van der Waals surface area contributed by atoms with E-state index in [1.165, 1.54) is 33.4 Å². The highest BCUT2D eigenvalue weighted by molar-refractivity contribution is 5.92. The summed E-state index contributed by atoms with van der Waals surface area (Å²) < 4.78 is 13.8. The molecule has 7 aromatic carbocycles. The van der Waals surface area contributed by atoms with E-state index in [2.05, 4.69) is 121 Å². The van der Waals surface area contributed by atoms with Crippen LogP contribution >= 0.6 is 0 Å². The summed E-state index contributed by atoms with van der Waals surface area (Å²) >= 11 is 0. The maximum atomic E-state index is 7.01. The zero-order valence-corrected chi connectivity index (χ0v) is 31.0. The predicted molar refractivity (Wildman–Crippen MR) is 226 cm³/mol. The van der Waals surface area contributed by atoms with Gasteiger partial charge in [0, 0.05) is 11.1 Å². The molecule has 11 rings (SSSR count). The average molecular weight is 734 g/mol. The highest BCUT2D eigenvalue weighted by Crippen LogP contribution is 2.60. The molecular formula is C52H35N3O2. The number of para-hydroxylation sites is 1. The minimum absolute atomic E-state index is 0.488. The molecule has 8 aromatic rings. The normalized spacial score (nSPS) is 14.5. The maximum Gasteiger partial charge on any atom is 0.181 e. The van der Waals surface area contributed by atoms with Gasteiger partial charge in [0.1, 0.15) is 0 Å². The molecule has 57 heavy (non-hydrogen) atoms. The zero-order valence-electron chi connectivity index (χ0n) is 31.0. The topological polar surface area (TPSA) is 57.1 Å². The van der Waals surface area contributed by atoms with Crippen molar-refractivity contribution >= 4 is 5.57 Å². The van der Waals surface area contributed by atoms with Crippen LogP contribution in [-0.4, -0.2) is 15.0 Å². The molecule has 0 bridgehead atoms. The Hall–Kier alpha value is -7.37. The third kappa shape index (κ3) is 5.42. The van der Waals surface area contributed by atoms with Crippen molar-refractivity contribution < 1.29 is 9.47 Å². The fourth-order valence-electron chi connectivity index (χ4n) is 8.84. The lowest BCUT2D eigenvalue weighted by Crippen LogP contribution is -2.30. The predicted octanol–water partition coefficient (Wildman–Crippen LogP) is 12.9. The van der Waals surface area contributed by atoms with Gasteiger partial charge in [0.2, 0.25) is 0 Å². The van der Waals surface area contributed by atoms with Gasteiger partial charge >= 0.3 is 0 Å². The van der Waals surface area contributed by atoms with Crippen LogP contribution < -0.4 is 9.47 Å². The summed E-state index contributed by atoms with van der Waals surface area (Å²) in [4.78, 5) is 15.2. The molecule has 0 atom stereocenters. The Labute approximate surface area is 331 Å². The van der Waals surface area contributed by atoms with Gasteiger partial charge in [-0.3, -0.25) is 0 Å². The second-order valence-electron chi connectivity index (χ2n) is 14.6. The van der Waals surface area contributed by atoms with Crippen molar-refractivity contribution in [1.82, 2.24) is 15.0 Å². The van der Waals surface area contributed by atoms with Crippen LogP contribution in [0.1, 0.15) is 35.1 Å². The van der Waals surface area contributed by atoms with Crippen molar-refractivity contribution in [2.75, 3.05) is 0 Å². The highest BCUT2D eigenvalue weighted by Gasteiger charge is 2.48. The van der Waals surface area contributed by atoms with E-state index in [1.807, 2.05) is 66.7 Å². The second-order valence-corrected chi connectivity index (χ2v) is 14.6. The molecule has 0 unspecified atom stereocenters. The number of aromatic nitrogens is 3. The number of allylic oxidation sites excluding steroid dienone is 4. The first-order valence-electron chi connectivity index (χ1n) is 19.4. The molecule has 0 fully saturated rings. The molecule has 0 spiro atoms. The van der Waals surface area contributed by atoms with E-state index in [9.17, 15) is 0 Å². The maximum absolute atomic E-state index is 7.01. The summed E-state index contributed by atoms with van der Waals surface area (Å²) in [5.74, 6) is 4.16. The largest absolute Gasteiger partial charge is 0.449 e. The second kappa shape index (κ2) is 13.4. The molecule has 2 heterocycles. The molecule has 5 nitrogen and oxygen atoms in total. The number of hydrogen-bond donors (Lipinski definition) is 0. The van der Waals surface area contributed by atoms with E-state index in [-0.39, 0.29) is 0 Å². The quantitative estimate of drug-likeness (QED) is 0.170. The minimum atomic E-state index is -0.488. The fraction of sp³-hybridized carbons (Fsp3) is 0.0577. The first kappa shape index (κ1) is 33.0. The molecule has 2 aliphatic carbocycles. The molecule has 1 aromatic heterocycles. The van der Waals surface area contributed by atoms with Crippen LogP contribution in [0.15, 0.2) is 194 Å². The molecule has 0 saturated heterocycles. The number of hydrogen-bond acceptors (Lipinski definition) is 5. The van der Waals surface area contributed by atoms with Crippen molar-refractivity contribution in [2.45, 2.75) is 18.3 Å². The standard InChI is InChI=1S/C52H35N3O2/c1-5-17-34(18-6-1)36-21-15-22-37(31-36)50-53-49(35-19-7-2-8-20-35)54-51(55-50)41-28-16-30-45-48(41)57-47-33-44-42(32-46(47)56-45)40-27-13-14-29-43(40)52(44,38-23-9-3-10-24-38)39-25-11-4-12-26-39/h1-13,15-28,30-33H,14,29H2. The first-order valence-corrected chi connectivity index (χ1v) is 19.4. The molecule has 0 N–H and O–H groups in total. The Kier molecular flexibility index (Phi) is 7.78. The van der Waals surface area contributed by atoms with Gasteiger partial charge in [-0.2, -0.15) is 0 Å². The number of fused-ring (bicyclic) bond motifs is 4. The molecule has 1 aliphatic heterocycles. The highest BCUT2D eigenvalue weighted by atomic mass is 16.6. The monoisotopic (exact) mass is 733 g/mol. The van der Waals surface area contributed by atoms with Crippen molar-refractivity contribution in [3.63, 3.8) is 0 Å². The Bertz CT molecular complexity index is 2850. The van der Waals surface area contributed by atoms with Crippen LogP contribution in [0, 0.1) is 0 Å². The fourth-order valence-corrected chi connectivity index (χ4v) is 8.84. The first-order chi connectivity index (χ1) is 28.2. The molecule has 3 aliphatic rings. The molecule has 0 radical (unpaired) electrons. The van der Waals surface area contributed by atoms with Crippen LogP contribution in [-0.2, 0) is 5.41 Å². The lowest BCUT2D eigenvalue weighted by Gasteiger charge is -2.36. The molecule has 0 amide bonds. The van der Waals surface area contributed by atoms with E-state index < -0.39 is 5.41 Å². The smallest absolute Gasteiger partial charge is 0.181 e. The van der Waals surface area contributed by atoms with Gasteiger partial charge in [0.25, 0.3) is 0 Å². The van der Waals surface area contributed by atoms with E-state index >= 15 is 0 Å². The third-order valence-corrected chi connectivity index (χ3v) is 11.4. The van der Waals surface area contributed by atoms with Crippen LogP contribution in [0.2, 0.25) is 0 Å². The molecule has 5 heteroatoms. The summed E-state index contributed by atoms with van der Waals surface area (Å²) in [5, 5.41) is 0. The van der Waals surface area contributed by atoms with Crippen LogP contribution in [0.25, 0.3) is 50.9 Å². The van der Waals surface area contributed by atoms with E-state index in [0.29, 0.717) is 40.5 Å². The van der Waals surface area contributed by atoms with Gasteiger partial charge in [-0.05, 0) is 87.7 Å². The van der Waals surface area contributed by atoms with Crippen molar-refractivity contribution in [3.05, 3.63) is 216 Å². The van der Waals surface area contributed by atoms with E-state index in [0.717, 1.165) is 40.7 Å². The number of rotatable bonds is 6. The lowest BCUT2D eigenvalue weighted by atomic mass is 9.65. The third-order valence-electron chi connectivity index (χ3n) is 11.4. The Morgan fingerprint density at radius 2 is 1.02 bits per heavy atom. The van der Waals surface area contributed by atoms with E-state index in [4.69, 9.17) is 24.4 Å². The van der Waals surface area contributed by atoms with Crippen LogP contribution in [0.5, 0.6) is 23.0 Å². The lowest BCUT2D eigenvalue weighted by molar-refractivity contribution is 0.359. The Balaban J connectivity index is 1.07. The van der Waals surface area contributed by atoms with Crippen molar-refractivity contribution in [2.24, 2.45) is 0 Å². The van der Waals surface area contributed by atoms with Gasteiger partial charge in [-0.1, -0.05) is 158 Å². The number of ether oxygens (including phenoxy) is 2. The van der Waals surface area contributed by atoms with Crippen LogP contribution in [0.3, 0.4) is 0 Å². The van der Waals surface area contributed by atoms with Gasteiger partial charge in [0.15, 0.2) is 40.5 Å².